The number of halogens is 4. The van der Waals surface area contributed by atoms with Gasteiger partial charge in [-0.15, -0.1) is 0 Å². The van der Waals surface area contributed by atoms with Crippen LogP contribution in [-0.2, 0) is 16.6 Å². The highest BCUT2D eigenvalue weighted by molar-refractivity contribution is 7.78. The number of nitrogens with one attached hydrogen (secondary N) is 2. The van der Waals surface area contributed by atoms with Crippen LogP contribution in [0.3, 0.4) is 0 Å². The molecule has 1 amide bonds. The number of thiol groups is 1. The van der Waals surface area contributed by atoms with E-state index in [0.29, 0.717) is 5.92 Å². The summed E-state index contributed by atoms with van der Waals surface area (Å²) in [6.07, 6.45) is -0.295. The Kier molecular flexibility index (Phi) is 14.4. The number of nitrogens with zero attached hydrogens (tertiary/aromatic N) is 2. The van der Waals surface area contributed by atoms with Gasteiger partial charge in [0.2, 0.25) is 5.91 Å². The molecule has 4 aromatic rings. The SMILES string of the molecule is CC(F)(F)F.CNS.Cc1nc2cc(-c3ccc(C4CCCC(C(=O)Nc5ccccc5F)C4)cc3)ccc2n1C.O=CO. The summed E-state index contributed by atoms with van der Waals surface area (Å²) in [5.41, 5.74) is 5.97. The summed E-state index contributed by atoms with van der Waals surface area (Å²) in [6.45, 7) is 1.95. The first-order chi connectivity index (χ1) is 20.8. The number of alkyl halides is 3. The first-order valence-corrected chi connectivity index (χ1v) is 14.3. The summed E-state index contributed by atoms with van der Waals surface area (Å²) in [5, 5.41) is 9.67. The van der Waals surface area contributed by atoms with Crippen LogP contribution in [0.25, 0.3) is 22.2 Å². The lowest BCUT2D eigenvalue weighted by atomic mass is 9.77. The van der Waals surface area contributed by atoms with Gasteiger partial charge in [0.25, 0.3) is 6.47 Å². The minimum atomic E-state index is -4.00. The highest BCUT2D eigenvalue weighted by atomic mass is 32.1. The van der Waals surface area contributed by atoms with Crippen molar-refractivity contribution in [3.8, 4) is 11.1 Å². The number of rotatable bonds is 4. The Morgan fingerprint density at radius 1 is 1.07 bits per heavy atom. The first kappa shape index (κ1) is 36.3. The van der Waals surface area contributed by atoms with E-state index in [0.717, 1.165) is 53.7 Å². The van der Waals surface area contributed by atoms with Crippen molar-refractivity contribution in [3.05, 3.63) is 83.9 Å². The number of carbonyl (C=O) groups is 2. The maximum atomic E-state index is 13.9. The Morgan fingerprint density at radius 2 is 1.64 bits per heavy atom. The molecular weight excluding hydrogens is 596 g/mol. The number of fused-ring (bicyclic) bond motifs is 1. The maximum Gasteiger partial charge on any atom is 0.386 e. The van der Waals surface area contributed by atoms with Gasteiger partial charge < -0.3 is 15.0 Å². The molecule has 5 rings (SSSR count). The van der Waals surface area contributed by atoms with Crippen LogP contribution in [0.2, 0.25) is 0 Å². The van der Waals surface area contributed by atoms with Crippen LogP contribution in [0.15, 0.2) is 66.7 Å². The summed E-state index contributed by atoms with van der Waals surface area (Å²) >= 11 is 3.54. The number of carbonyl (C=O) groups excluding carboxylic acids is 1. The van der Waals surface area contributed by atoms with E-state index in [-0.39, 0.29) is 30.9 Å². The van der Waals surface area contributed by atoms with Gasteiger partial charge in [-0.05, 0) is 80.1 Å². The standard InChI is InChI=1S/C28H28FN3O.C2H3F3.CH5NS.CH2O2/c1-18-30-26-17-22(14-15-27(26)32(18)2)20-12-10-19(11-13-20)21-6-5-7-23(16-21)28(33)31-25-9-4-3-8-24(25)29;1-2(3,4)5;1-2-3;2-1-3/h3-4,8-15,17,21,23H,5-7,16H2,1-2H3,(H,31,33);1H3;2-3H,1H3;1H,(H,2,3). The second kappa shape index (κ2) is 17.4. The van der Waals surface area contributed by atoms with Gasteiger partial charge in [0.15, 0.2) is 0 Å². The Hall–Kier alpha value is -3.90. The molecule has 1 aliphatic rings. The smallest absolute Gasteiger partial charge is 0.386 e. The Bertz CT molecular complexity index is 1490. The summed E-state index contributed by atoms with van der Waals surface area (Å²) in [6, 6.07) is 21.4. The molecule has 3 N–H and O–H groups in total. The first-order valence-electron chi connectivity index (χ1n) is 13.9. The van der Waals surface area contributed by atoms with Crippen molar-refractivity contribution in [3.63, 3.8) is 0 Å². The van der Waals surface area contributed by atoms with E-state index < -0.39 is 12.0 Å². The summed E-state index contributed by atoms with van der Waals surface area (Å²) in [5.74, 6) is 0.763. The monoisotopic (exact) mass is 634 g/mol. The van der Waals surface area contributed by atoms with Crippen molar-refractivity contribution in [1.82, 2.24) is 14.3 Å². The second-order valence-electron chi connectivity index (χ2n) is 10.2. The molecule has 1 saturated carbocycles. The lowest BCUT2D eigenvalue weighted by Crippen LogP contribution is -2.27. The van der Waals surface area contributed by atoms with Crippen LogP contribution in [-0.4, -0.2) is 40.3 Å². The van der Waals surface area contributed by atoms with Crippen molar-refractivity contribution in [2.24, 2.45) is 13.0 Å². The highest BCUT2D eigenvalue weighted by Gasteiger charge is 2.28. The third-order valence-electron chi connectivity index (χ3n) is 7.00. The molecule has 0 saturated heterocycles. The molecule has 2 unspecified atom stereocenters. The van der Waals surface area contributed by atoms with Gasteiger partial charge in [-0.1, -0.05) is 61.7 Å². The zero-order valence-corrected chi connectivity index (χ0v) is 25.9. The average molecular weight is 635 g/mol. The number of hydrogen-bond donors (Lipinski definition) is 4. The molecule has 12 heteroatoms. The van der Waals surface area contributed by atoms with E-state index in [1.165, 1.54) is 11.6 Å². The zero-order chi connectivity index (χ0) is 32.9. The van der Waals surface area contributed by atoms with Crippen molar-refractivity contribution in [1.29, 1.82) is 0 Å². The predicted molar refractivity (Wildman–Crippen MR) is 169 cm³/mol. The van der Waals surface area contributed by atoms with Gasteiger partial charge in [0.05, 0.1) is 16.7 Å². The second-order valence-corrected chi connectivity index (χ2v) is 10.6. The summed E-state index contributed by atoms with van der Waals surface area (Å²) in [7, 11) is 3.77. The molecule has 0 bridgehead atoms. The van der Waals surface area contributed by atoms with E-state index in [9.17, 15) is 22.4 Å². The summed E-state index contributed by atoms with van der Waals surface area (Å²) in [4.78, 5) is 25.8. The number of hydrogen-bond acceptors (Lipinski definition) is 5. The van der Waals surface area contributed by atoms with Crippen molar-refractivity contribution in [2.75, 3.05) is 12.4 Å². The molecule has 0 spiro atoms. The zero-order valence-electron chi connectivity index (χ0n) is 25.0. The fraction of sp³-hybridized carbons (Fsp3) is 0.344. The largest absolute Gasteiger partial charge is 0.483 e. The minimum Gasteiger partial charge on any atom is -0.483 e. The van der Waals surface area contributed by atoms with E-state index >= 15 is 0 Å². The molecule has 1 heterocycles. The Balaban J connectivity index is 0.000000535. The number of carboxylic acid groups (broad SMARTS) is 1. The minimum absolute atomic E-state index is 0.0830. The molecule has 7 nitrogen and oxygen atoms in total. The number of amides is 1. The topological polar surface area (TPSA) is 96.3 Å². The van der Waals surface area contributed by atoms with Crippen molar-refractivity contribution >= 4 is 41.9 Å². The predicted octanol–water partition coefficient (Wildman–Crippen LogP) is 7.92. The molecule has 1 fully saturated rings. The van der Waals surface area contributed by atoms with Crippen LogP contribution in [0, 0.1) is 18.7 Å². The van der Waals surface area contributed by atoms with Gasteiger partial charge in [-0.2, -0.15) is 13.2 Å². The number of aromatic nitrogens is 2. The summed E-state index contributed by atoms with van der Waals surface area (Å²) < 4.78 is 49.5. The van der Waals surface area contributed by atoms with E-state index in [4.69, 9.17) is 9.90 Å². The maximum absolute atomic E-state index is 13.9. The number of imidazole rings is 1. The number of benzene rings is 3. The number of anilines is 1. The molecule has 0 aliphatic heterocycles. The molecule has 1 aromatic heterocycles. The van der Waals surface area contributed by atoms with E-state index in [2.05, 4.69) is 74.9 Å². The van der Waals surface area contributed by atoms with Crippen LogP contribution in [0.1, 0.15) is 49.9 Å². The van der Waals surface area contributed by atoms with Crippen LogP contribution >= 0.6 is 12.8 Å². The molecule has 238 valence electrons. The van der Waals surface area contributed by atoms with Crippen LogP contribution < -0.4 is 10.0 Å². The van der Waals surface area contributed by atoms with Gasteiger partial charge >= 0.3 is 6.18 Å². The molecule has 0 radical (unpaired) electrons. The fourth-order valence-corrected chi connectivity index (χ4v) is 4.98. The lowest BCUT2D eigenvalue weighted by Gasteiger charge is -2.29. The van der Waals surface area contributed by atoms with Gasteiger partial charge in [-0.3, -0.25) is 14.3 Å². The van der Waals surface area contributed by atoms with Crippen molar-refractivity contribution in [2.45, 2.75) is 51.6 Å². The van der Waals surface area contributed by atoms with Gasteiger partial charge in [0.1, 0.15) is 11.6 Å². The van der Waals surface area contributed by atoms with Crippen LogP contribution in [0.5, 0.6) is 0 Å². The van der Waals surface area contributed by atoms with Crippen LogP contribution in [0.4, 0.5) is 23.2 Å². The highest BCUT2D eigenvalue weighted by Crippen LogP contribution is 2.37. The molecular formula is C32H38F4N4O3S. The quantitative estimate of drug-likeness (QED) is 0.104. The molecule has 2 atom stereocenters. The fourth-order valence-electron chi connectivity index (χ4n) is 4.98. The van der Waals surface area contributed by atoms with Gasteiger partial charge in [-0.25, -0.2) is 9.37 Å². The normalized spacial score (nSPS) is 15.8. The Labute approximate surface area is 260 Å². The molecule has 44 heavy (non-hydrogen) atoms. The number of para-hydroxylation sites is 1. The van der Waals surface area contributed by atoms with Gasteiger partial charge in [0, 0.05) is 19.9 Å². The third kappa shape index (κ3) is 11.3. The number of aryl methyl sites for hydroxylation is 2. The average Bonchev–Trinajstić information content (AvgIpc) is 3.26. The third-order valence-corrected chi connectivity index (χ3v) is 7.00. The molecule has 1 aliphatic carbocycles. The van der Waals surface area contributed by atoms with E-state index in [1.54, 1.807) is 25.2 Å². The Morgan fingerprint density at radius 3 is 2.23 bits per heavy atom. The lowest BCUT2D eigenvalue weighted by molar-refractivity contribution is -0.123. The van der Waals surface area contributed by atoms with E-state index in [1.807, 2.05) is 14.0 Å². The molecule has 3 aromatic carbocycles. The van der Waals surface area contributed by atoms with Crippen molar-refractivity contribution < 1.29 is 32.3 Å².